The van der Waals surface area contributed by atoms with E-state index < -0.39 is 0 Å². The minimum absolute atomic E-state index is 1.06. The van der Waals surface area contributed by atoms with Crippen molar-refractivity contribution < 1.29 is 0 Å². The van der Waals surface area contributed by atoms with Gasteiger partial charge in [-0.15, -0.1) is 0 Å². The summed E-state index contributed by atoms with van der Waals surface area (Å²) in [6.45, 7) is 0. The van der Waals surface area contributed by atoms with Gasteiger partial charge in [0, 0.05) is 21.4 Å². The van der Waals surface area contributed by atoms with Gasteiger partial charge in [0.05, 0.1) is 5.69 Å². The standard InChI is InChI=1S/C24H18BrN/c25-19-10-6-11-20(15-19)26-23-14-13-17-7-4-5-12-21(17)22(23)16-24(26)18-8-2-1-3-9-18/h1-12,15-16H,13-14H2. The summed E-state index contributed by atoms with van der Waals surface area (Å²) in [6.07, 6.45) is 2.15. The Morgan fingerprint density at radius 2 is 1.50 bits per heavy atom. The van der Waals surface area contributed by atoms with Gasteiger partial charge in [-0.25, -0.2) is 0 Å². The zero-order chi connectivity index (χ0) is 17.5. The fraction of sp³-hybridized carbons (Fsp3) is 0.0833. The van der Waals surface area contributed by atoms with Crippen molar-refractivity contribution in [2.75, 3.05) is 0 Å². The molecule has 5 rings (SSSR count). The second-order valence-electron chi connectivity index (χ2n) is 6.73. The van der Waals surface area contributed by atoms with E-state index in [1.54, 1.807) is 0 Å². The van der Waals surface area contributed by atoms with Crippen LogP contribution in [0.4, 0.5) is 0 Å². The lowest BCUT2D eigenvalue weighted by Gasteiger charge is -2.20. The number of rotatable bonds is 2. The molecular formula is C24H18BrN. The summed E-state index contributed by atoms with van der Waals surface area (Å²) >= 11 is 3.64. The number of hydrogen-bond acceptors (Lipinski definition) is 0. The summed E-state index contributed by atoms with van der Waals surface area (Å²) in [5.74, 6) is 0. The van der Waals surface area contributed by atoms with Crippen LogP contribution in [0.25, 0.3) is 28.1 Å². The molecule has 1 aromatic heterocycles. The number of fused-ring (bicyclic) bond motifs is 3. The Morgan fingerprint density at radius 1 is 0.692 bits per heavy atom. The van der Waals surface area contributed by atoms with Crippen LogP contribution in [0.15, 0.2) is 89.4 Å². The topological polar surface area (TPSA) is 4.93 Å². The maximum Gasteiger partial charge on any atom is 0.0537 e. The molecule has 4 aromatic rings. The molecule has 3 aromatic carbocycles. The minimum atomic E-state index is 1.06. The third kappa shape index (κ3) is 2.53. The Hall–Kier alpha value is -2.58. The average Bonchev–Trinajstić information content (AvgIpc) is 3.09. The van der Waals surface area contributed by atoms with Crippen LogP contribution in [0.3, 0.4) is 0 Å². The van der Waals surface area contributed by atoms with Crippen LogP contribution in [0.5, 0.6) is 0 Å². The second-order valence-corrected chi connectivity index (χ2v) is 7.64. The van der Waals surface area contributed by atoms with Crippen molar-refractivity contribution in [1.29, 1.82) is 0 Å². The first kappa shape index (κ1) is 15.7. The monoisotopic (exact) mass is 399 g/mol. The Kier molecular flexibility index (Phi) is 3.79. The zero-order valence-electron chi connectivity index (χ0n) is 14.3. The van der Waals surface area contributed by atoms with E-state index >= 15 is 0 Å². The summed E-state index contributed by atoms with van der Waals surface area (Å²) in [5.41, 5.74) is 9.31. The smallest absolute Gasteiger partial charge is 0.0537 e. The van der Waals surface area contributed by atoms with Crippen LogP contribution in [-0.4, -0.2) is 4.57 Å². The van der Waals surface area contributed by atoms with Gasteiger partial charge in [0.15, 0.2) is 0 Å². The van der Waals surface area contributed by atoms with Crippen LogP contribution in [0.1, 0.15) is 11.3 Å². The highest BCUT2D eigenvalue weighted by molar-refractivity contribution is 9.10. The number of hydrogen-bond donors (Lipinski definition) is 0. The van der Waals surface area contributed by atoms with Crippen LogP contribution in [0.2, 0.25) is 0 Å². The Balaban J connectivity index is 1.82. The third-order valence-electron chi connectivity index (χ3n) is 5.18. The highest BCUT2D eigenvalue weighted by Crippen LogP contribution is 2.40. The summed E-state index contributed by atoms with van der Waals surface area (Å²) in [5, 5.41) is 0. The molecule has 1 heterocycles. The number of nitrogens with zero attached hydrogens (tertiary/aromatic N) is 1. The maximum atomic E-state index is 3.64. The van der Waals surface area contributed by atoms with Gasteiger partial charge in [0.2, 0.25) is 0 Å². The van der Waals surface area contributed by atoms with Crippen LogP contribution < -0.4 is 0 Å². The van der Waals surface area contributed by atoms with Crippen molar-refractivity contribution in [3.63, 3.8) is 0 Å². The van der Waals surface area contributed by atoms with Gasteiger partial charge in [0.1, 0.15) is 0 Å². The molecule has 0 unspecified atom stereocenters. The Labute approximate surface area is 162 Å². The van der Waals surface area contributed by atoms with Gasteiger partial charge in [-0.3, -0.25) is 0 Å². The maximum absolute atomic E-state index is 3.64. The predicted octanol–water partition coefficient (Wildman–Crippen LogP) is 6.67. The molecule has 1 aliphatic rings. The molecule has 0 amide bonds. The first-order valence-corrected chi connectivity index (χ1v) is 9.75. The summed E-state index contributed by atoms with van der Waals surface area (Å²) < 4.78 is 3.54. The van der Waals surface area contributed by atoms with Crippen molar-refractivity contribution >= 4 is 15.9 Å². The van der Waals surface area contributed by atoms with Crippen molar-refractivity contribution in [3.05, 3.63) is 101 Å². The van der Waals surface area contributed by atoms with Gasteiger partial charge in [-0.1, -0.05) is 76.6 Å². The van der Waals surface area contributed by atoms with Gasteiger partial charge < -0.3 is 4.57 Å². The highest BCUT2D eigenvalue weighted by atomic mass is 79.9. The summed E-state index contributed by atoms with van der Waals surface area (Å²) in [6, 6.07) is 30.4. The van der Waals surface area contributed by atoms with Crippen molar-refractivity contribution in [2.24, 2.45) is 0 Å². The van der Waals surface area contributed by atoms with E-state index in [1.807, 2.05) is 0 Å². The lowest BCUT2D eigenvalue weighted by molar-refractivity contribution is 0.857. The van der Waals surface area contributed by atoms with E-state index in [-0.39, 0.29) is 0 Å². The molecule has 0 spiro atoms. The van der Waals surface area contributed by atoms with Crippen LogP contribution in [0, 0.1) is 0 Å². The van der Waals surface area contributed by atoms with E-state index in [0.29, 0.717) is 0 Å². The summed E-state index contributed by atoms with van der Waals surface area (Å²) in [4.78, 5) is 0. The van der Waals surface area contributed by atoms with E-state index in [0.717, 1.165) is 17.3 Å². The molecule has 0 aliphatic heterocycles. The van der Waals surface area contributed by atoms with E-state index in [4.69, 9.17) is 0 Å². The predicted molar refractivity (Wildman–Crippen MR) is 112 cm³/mol. The lowest BCUT2D eigenvalue weighted by Crippen LogP contribution is -2.08. The van der Waals surface area contributed by atoms with Gasteiger partial charge in [-0.2, -0.15) is 0 Å². The summed E-state index contributed by atoms with van der Waals surface area (Å²) in [7, 11) is 0. The minimum Gasteiger partial charge on any atom is -0.313 e. The first-order valence-electron chi connectivity index (χ1n) is 8.95. The Morgan fingerprint density at radius 3 is 2.35 bits per heavy atom. The fourth-order valence-corrected chi connectivity index (χ4v) is 4.40. The molecule has 1 aliphatic carbocycles. The first-order chi connectivity index (χ1) is 12.8. The van der Waals surface area contributed by atoms with Crippen molar-refractivity contribution in [2.45, 2.75) is 12.8 Å². The largest absolute Gasteiger partial charge is 0.313 e. The van der Waals surface area contributed by atoms with Gasteiger partial charge in [-0.05, 0) is 53.8 Å². The highest BCUT2D eigenvalue weighted by Gasteiger charge is 2.23. The molecule has 0 bridgehead atoms. The molecular weight excluding hydrogens is 382 g/mol. The van der Waals surface area contributed by atoms with Gasteiger partial charge >= 0.3 is 0 Å². The molecule has 126 valence electrons. The van der Waals surface area contributed by atoms with E-state index in [2.05, 4.69) is 105 Å². The fourth-order valence-electron chi connectivity index (χ4n) is 4.02. The average molecular weight is 400 g/mol. The van der Waals surface area contributed by atoms with Crippen molar-refractivity contribution in [1.82, 2.24) is 4.57 Å². The van der Waals surface area contributed by atoms with Crippen LogP contribution >= 0.6 is 15.9 Å². The molecule has 0 saturated heterocycles. The third-order valence-corrected chi connectivity index (χ3v) is 5.67. The SMILES string of the molecule is Brc1cccc(-n2c(-c3ccccc3)cc3c2CCc2ccccc2-3)c1. The molecule has 0 N–H and O–H groups in total. The van der Waals surface area contributed by atoms with E-state index in [1.165, 1.54) is 39.3 Å². The molecule has 0 fully saturated rings. The quantitative estimate of drug-likeness (QED) is 0.354. The molecule has 0 saturated carbocycles. The zero-order valence-corrected chi connectivity index (χ0v) is 15.9. The van der Waals surface area contributed by atoms with Gasteiger partial charge in [0.25, 0.3) is 0 Å². The molecule has 0 radical (unpaired) electrons. The number of benzene rings is 3. The Bertz CT molecular complexity index is 1090. The number of aryl methyl sites for hydroxylation is 1. The molecule has 26 heavy (non-hydrogen) atoms. The van der Waals surface area contributed by atoms with Crippen LogP contribution in [-0.2, 0) is 12.8 Å². The van der Waals surface area contributed by atoms with Crippen molar-refractivity contribution in [3.8, 4) is 28.1 Å². The molecule has 0 atom stereocenters. The van der Waals surface area contributed by atoms with E-state index in [9.17, 15) is 0 Å². The normalized spacial score (nSPS) is 12.5. The molecule has 1 nitrogen and oxygen atoms in total. The lowest BCUT2D eigenvalue weighted by atomic mass is 9.90. The number of aromatic nitrogens is 1. The second kappa shape index (κ2) is 6.30. The number of halogens is 1. The molecule has 2 heteroatoms.